The number of piperidine rings is 1. The first-order chi connectivity index (χ1) is 6.88. The van der Waals surface area contributed by atoms with Gasteiger partial charge in [-0.05, 0) is 47.7 Å². The molecule has 2 nitrogen and oxygen atoms in total. The van der Waals surface area contributed by atoms with Crippen molar-refractivity contribution < 1.29 is 5.11 Å². The topological polar surface area (TPSA) is 23.5 Å². The van der Waals surface area contributed by atoms with Crippen LogP contribution in [0.2, 0.25) is 0 Å². The van der Waals surface area contributed by atoms with E-state index in [1.165, 1.54) is 24.9 Å². The van der Waals surface area contributed by atoms with Gasteiger partial charge >= 0.3 is 0 Å². The van der Waals surface area contributed by atoms with E-state index in [2.05, 4.69) is 21.7 Å². The number of rotatable bonds is 3. The molecular weight excluding hydrogens is 194 g/mol. The minimum atomic E-state index is 0.347. The van der Waals surface area contributed by atoms with Crippen molar-refractivity contribution in [3.05, 3.63) is 22.4 Å². The molecule has 0 amide bonds. The molecule has 0 spiro atoms. The second kappa shape index (κ2) is 4.91. The molecular formula is C11H17NOS. The van der Waals surface area contributed by atoms with E-state index in [0.29, 0.717) is 12.5 Å². The van der Waals surface area contributed by atoms with E-state index in [1.54, 1.807) is 11.3 Å². The Morgan fingerprint density at radius 2 is 2.50 bits per heavy atom. The van der Waals surface area contributed by atoms with Crippen molar-refractivity contribution in [2.75, 3.05) is 19.7 Å². The Morgan fingerprint density at radius 1 is 1.57 bits per heavy atom. The number of aliphatic hydroxyl groups excluding tert-OH is 1. The van der Waals surface area contributed by atoms with Crippen molar-refractivity contribution >= 4 is 11.3 Å². The molecule has 0 aliphatic carbocycles. The molecule has 1 aliphatic heterocycles. The summed E-state index contributed by atoms with van der Waals surface area (Å²) in [6, 6.07) is 2.19. The number of likely N-dealkylation sites (tertiary alicyclic amines) is 1. The van der Waals surface area contributed by atoms with Gasteiger partial charge in [-0.3, -0.25) is 4.90 Å². The average Bonchev–Trinajstić information content (AvgIpc) is 2.71. The highest BCUT2D eigenvalue weighted by Crippen LogP contribution is 2.18. The van der Waals surface area contributed by atoms with E-state index in [-0.39, 0.29) is 0 Å². The van der Waals surface area contributed by atoms with Crippen LogP contribution < -0.4 is 0 Å². The Hall–Kier alpha value is -0.380. The molecule has 1 aliphatic rings. The summed E-state index contributed by atoms with van der Waals surface area (Å²) in [6.07, 6.45) is 2.42. The molecule has 1 aromatic rings. The van der Waals surface area contributed by atoms with Gasteiger partial charge in [0.25, 0.3) is 0 Å². The van der Waals surface area contributed by atoms with Crippen LogP contribution in [0.15, 0.2) is 16.8 Å². The summed E-state index contributed by atoms with van der Waals surface area (Å²) in [6.45, 7) is 3.65. The highest BCUT2D eigenvalue weighted by molar-refractivity contribution is 7.07. The highest BCUT2D eigenvalue weighted by atomic mass is 32.1. The first kappa shape index (κ1) is 10.1. The third-order valence-corrected chi connectivity index (χ3v) is 3.58. The van der Waals surface area contributed by atoms with Crippen LogP contribution in [0.5, 0.6) is 0 Å². The summed E-state index contributed by atoms with van der Waals surface area (Å²) < 4.78 is 0. The molecule has 1 saturated heterocycles. The van der Waals surface area contributed by atoms with Crippen LogP contribution >= 0.6 is 11.3 Å². The van der Waals surface area contributed by atoms with Crippen LogP contribution in [0.4, 0.5) is 0 Å². The second-order valence-corrected chi connectivity index (χ2v) is 4.84. The Balaban J connectivity index is 1.86. The van der Waals surface area contributed by atoms with Gasteiger partial charge in [0.1, 0.15) is 0 Å². The molecule has 1 aromatic heterocycles. The molecule has 1 fully saturated rings. The fourth-order valence-electron chi connectivity index (χ4n) is 2.08. The van der Waals surface area contributed by atoms with Crippen LogP contribution in [0.3, 0.4) is 0 Å². The first-order valence-electron chi connectivity index (χ1n) is 5.23. The molecule has 0 aromatic carbocycles. The minimum Gasteiger partial charge on any atom is -0.396 e. The smallest absolute Gasteiger partial charge is 0.0471 e. The second-order valence-electron chi connectivity index (χ2n) is 4.06. The van der Waals surface area contributed by atoms with Crippen LogP contribution in [0.1, 0.15) is 18.4 Å². The van der Waals surface area contributed by atoms with Crippen molar-refractivity contribution in [1.82, 2.24) is 4.90 Å². The molecule has 78 valence electrons. The Labute approximate surface area is 89.2 Å². The van der Waals surface area contributed by atoms with Crippen LogP contribution in [0, 0.1) is 5.92 Å². The summed E-state index contributed by atoms with van der Waals surface area (Å²) in [5, 5.41) is 13.4. The summed E-state index contributed by atoms with van der Waals surface area (Å²) in [4.78, 5) is 2.45. The third kappa shape index (κ3) is 2.56. The van der Waals surface area contributed by atoms with Crippen molar-refractivity contribution in [1.29, 1.82) is 0 Å². The van der Waals surface area contributed by atoms with Gasteiger partial charge in [0, 0.05) is 19.7 Å². The maximum absolute atomic E-state index is 9.11. The maximum Gasteiger partial charge on any atom is 0.0471 e. The zero-order valence-electron chi connectivity index (χ0n) is 8.35. The van der Waals surface area contributed by atoms with Gasteiger partial charge in [0.2, 0.25) is 0 Å². The predicted molar refractivity (Wildman–Crippen MR) is 59.4 cm³/mol. The number of hydrogen-bond acceptors (Lipinski definition) is 3. The van der Waals surface area contributed by atoms with E-state index in [0.717, 1.165) is 13.1 Å². The molecule has 0 bridgehead atoms. The fraction of sp³-hybridized carbons (Fsp3) is 0.636. The Kier molecular flexibility index (Phi) is 3.56. The van der Waals surface area contributed by atoms with Crippen LogP contribution in [-0.2, 0) is 6.54 Å². The lowest BCUT2D eigenvalue weighted by atomic mass is 9.99. The molecule has 2 heterocycles. The zero-order chi connectivity index (χ0) is 9.80. The fourth-order valence-corrected chi connectivity index (χ4v) is 2.74. The van der Waals surface area contributed by atoms with Crippen molar-refractivity contribution in [2.45, 2.75) is 19.4 Å². The maximum atomic E-state index is 9.11. The average molecular weight is 211 g/mol. The lowest BCUT2D eigenvalue weighted by molar-refractivity contribution is 0.116. The lowest BCUT2D eigenvalue weighted by Gasteiger charge is -2.31. The lowest BCUT2D eigenvalue weighted by Crippen LogP contribution is -2.36. The molecule has 3 heteroatoms. The number of hydrogen-bond donors (Lipinski definition) is 1. The Bertz CT molecular complexity index is 260. The molecule has 1 atom stereocenters. The van der Waals surface area contributed by atoms with Gasteiger partial charge in [-0.2, -0.15) is 11.3 Å². The van der Waals surface area contributed by atoms with Gasteiger partial charge in [0.15, 0.2) is 0 Å². The largest absolute Gasteiger partial charge is 0.396 e. The van der Waals surface area contributed by atoms with E-state index >= 15 is 0 Å². The summed E-state index contributed by atoms with van der Waals surface area (Å²) >= 11 is 1.76. The van der Waals surface area contributed by atoms with E-state index < -0.39 is 0 Å². The monoisotopic (exact) mass is 211 g/mol. The van der Waals surface area contributed by atoms with Crippen LogP contribution in [-0.4, -0.2) is 29.7 Å². The molecule has 2 rings (SSSR count). The normalized spacial score (nSPS) is 23.9. The van der Waals surface area contributed by atoms with E-state index in [4.69, 9.17) is 5.11 Å². The third-order valence-electron chi connectivity index (χ3n) is 2.85. The number of nitrogens with zero attached hydrogens (tertiary/aromatic N) is 1. The summed E-state index contributed by atoms with van der Waals surface area (Å²) in [5.41, 5.74) is 1.41. The molecule has 14 heavy (non-hydrogen) atoms. The summed E-state index contributed by atoms with van der Waals surface area (Å²) in [5.74, 6) is 0.502. The minimum absolute atomic E-state index is 0.347. The predicted octanol–water partition coefficient (Wildman–Crippen LogP) is 1.95. The zero-order valence-corrected chi connectivity index (χ0v) is 9.17. The van der Waals surface area contributed by atoms with Gasteiger partial charge in [-0.1, -0.05) is 0 Å². The van der Waals surface area contributed by atoms with E-state index in [9.17, 15) is 0 Å². The number of thiophene rings is 1. The van der Waals surface area contributed by atoms with Gasteiger partial charge in [0.05, 0.1) is 0 Å². The first-order valence-corrected chi connectivity index (χ1v) is 6.17. The summed E-state index contributed by atoms with van der Waals surface area (Å²) in [7, 11) is 0. The van der Waals surface area contributed by atoms with Crippen LogP contribution in [0.25, 0.3) is 0 Å². The van der Waals surface area contributed by atoms with Gasteiger partial charge in [-0.15, -0.1) is 0 Å². The van der Waals surface area contributed by atoms with E-state index in [1.807, 2.05) is 0 Å². The quantitative estimate of drug-likeness (QED) is 0.826. The molecule has 0 saturated carbocycles. The molecule has 0 unspecified atom stereocenters. The Morgan fingerprint density at radius 3 is 3.21 bits per heavy atom. The van der Waals surface area contributed by atoms with Gasteiger partial charge < -0.3 is 5.11 Å². The van der Waals surface area contributed by atoms with Crippen molar-refractivity contribution in [3.63, 3.8) is 0 Å². The standard InChI is InChI=1S/C11H17NOS/c13-8-10-2-1-4-12(6-10)7-11-3-5-14-9-11/h3,5,9-10,13H,1-2,4,6-8H2/t10-/m1/s1. The molecule has 0 radical (unpaired) electrons. The SMILES string of the molecule is OC[C@@H]1CCCN(Cc2ccsc2)C1. The number of aliphatic hydroxyl groups is 1. The van der Waals surface area contributed by atoms with Crippen molar-refractivity contribution in [2.24, 2.45) is 5.92 Å². The van der Waals surface area contributed by atoms with Crippen molar-refractivity contribution in [3.8, 4) is 0 Å². The highest BCUT2D eigenvalue weighted by Gasteiger charge is 2.18. The molecule has 1 N–H and O–H groups in total. The van der Waals surface area contributed by atoms with Gasteiger partial charge in [-0.25, -0.2) is 0 Å².